The topological polar surface area (TPSA) is 57.1 Å². The Hall–Kier alpha value is -2.44. The molecule has 0 heterocycles. The standard InChI is InChI=1S/C21H28FN3O2/c1-3-23-21(25(2)14-18-10-7-11-19(22)12-18)24-13-20(26)16-27-15-17-8-5-4-6-9-17/h4-12,20,26H,3,13-16H2,1-2H3,(H,23,24). The smallest absolute Gasteiger partial charge is 0.194 e. The van der Waals surface area contributed by atoms with E-state index in [0.29, 0.717) is 25.7 Å². The Kier molecular flexibility index (Phi) is 8.74. The van der Waals surface area contributed by atoms with Gasteiger partial charge in [0.15, 0.2) is 5.96 Å². The predicted octanol–water partition coefficient (Wildman–Crippen LogP) is 2.80. The highest BCUT2D eigenvalue weighted by Gasteiger charge is 2.09. The van der Waals surface area contributed by atoms with E-state index in [2.05, 4.69) is 10.3 Å². The maximum atomic E-state index is 13.4. The second-order valence-electron chi connectivity index (χ2n) is 6.34. The second-order valence-corrected chi connectivity index (χ2v) is 6.34. The summed E-state index contributed by atoms with van der Waals surface area (Å²) < 4.78 is 18.9. The lowest BCUT2D eigenvalue weighted by Crippen LogP contribution is -2.39. The Morgan fingerprint density at radius 1 is 1.19 bits per heavy atom. The quantitative estimate of drug-likeness (QED) is 0.524. The van der Waals surface area contributed by atoms with Crippen LogP contribution in [0, 0.1) is 5.82 Å². The van der Waals surface area contributed by atoms with Crippen LogP contribution in [0.1, 0.15) is 18.1 Å². The molecule has 0 spiro atoms. The lowest BCUT2D eigenvalue weighted by Gasteiger charge is -2.22. The Balaban J connectivity index is 1.83. The van der Waals surface area contributed by atoms with Gasteiger partial charge in [-0.25, -0.2) is 4.39 Å². The number of hydrogen-bond donors (Lipinski definition) is 2. The lowest BCUT2D eigenvalue weighted by molar-refractivity contribution is 0.0330. The third-order valence-electron chi connectivity index (χ3n) is 3.88. The number of halogens is 1. The largest absolute Gasteiger partial charge is 0.389 e. The SMILES string of the molecule is CCNC(=NCC(O)COCc1ccccc1)N(C)Cc1cccc(F)c1. The maximum absolute atomic E-state index is 13.4. The molecule has 2 aromatic rings. The van der Waals surface area contributed by atoms with E-state index in [-0.39, 0.29) is 19.0 Å². The molecule has 0 aliphatic carbocycles. The van der Waals surface area contributed by atoms with Crippen molar-refractivity contribution in [2.75, 3.05) is 26.7 Å². The van der Waals surface area contributed by atoms with Crippen LogP contribution < -0.4 is 5.32 Å². The number of nitrogens with zero attached hydrogens (tertiary/aromatic N) is 2. The summed E-state index contributed by atoms with van der Waals surface area (Å²) in [6.45, 7) is 4.10. The average molecular weight is 373 g/mol. The number of aliphatic imine (C=N–C) groups is 1. The van der Waals surface area contributed by atoms with E-state index in [1.807, 2.05) is 55.3 Å². The zero-order valence-corrected chi connectivity index (χ0v) is 15.9. The van der Waals surface area contributed by atoms with Crippen molar-refractivity contribution < 1.29 is 14.2 Å². The summed E-state index contributed by atoms with van der Waals surface area (Å²) in [7, 11) is 1.88. The molecule has 0 aliphatic heterocycles. The van der Waals surface area contributed by atoms with Crippen LogP contribution in [0.2, 0.25) is 0 Å². The molecule has 0 bridgehead atoms. The van der Waals surface area contributed by atoms with Crippen molar-refractivity contribution in [2.45, 2.75) is 26.2 Å². The van der Waals surface area contributed by atoms with Gasteiger partial charge in [0.05, 0.1) is 25.9 Å². The molecule has 146 valence electrons. The van der Waals surface area contributed by atoms with Gasteiger partial charge in [0, 0.05) is 20.1 Å². The van der Waals surface area contributed by atoms with Crippen molar-refractivity contribution >= 4 is 5.96 Å². The van der Waals surface area contributed by atoms with Gasteiger partial charge in [0.1, 0.15) is 5.82 Å². The first-order valence-electron chi connectivity index (χ1n) is 9.12. The molecule has 0 saturated carbocycles. The van der Waals surface area contributed by atoms with Crippen LogP contribution in [0.4, 0.5) is 4.39 Å². The number of ether oxygens (including phenoxy) is 1. The molecule has 0 fully saturated rings. The van der Waals surface area contributed by atoms with Gasteiger partial charge < -0.3 is 20.1 Å². The first kappa shape index (κ1) is 20.9. The maximum Gasteiger partial charge on any atom is 0.194 e. The molecule has 5 nitrogen and oxygen atoms in total. The minimum absolute atomic E-state index is 0.214. The fraction of sp³-hybridized carbons (Fsp3) is 0.381. The van der Waals surface area contributed by atoms with Crippen LogP contribution >= 0.6 is 0 Å². The van der Waals surface area contributed by atoms with Crippen LogP contribution in [0.5, 0.6) is 0 Å². The molecule has 0 saturated heterocycles. The number of aliphatic hydroxyl groups excluding tert-OH is 1. The van der Waals surface area contributed by atoms with E-state index < -0.39 is 6.10 Å². The number of benzene rings is 2. The minimum atomic E-state index is -0.690. The first-order chi connectivity index (χ1) is 13.1. The molecular formula is C21H28FN3O2. The number of rotatable bonds is 9. The van der Waals surface area contributed by atoms with Gasteiger partial charge in [0.2, 0.25) is 0 Å². The molecule has 2 rings (SSSR count). The van der Waals surface area contributed by atoms with Gasteiger partial charge in [-0.15, -0.1) is 0 Å². The van der Waals surface area contributed by atoms with Crippen LogP contribution in [0.15, 0.2) is 59.6 Å². The van der Waals surface area contributed by atoms with Gasteiger partial charge in [0.25, 0.3) is 0 Å². The molecule has 27 heavy (non-hydrogen) atoms. The van der Waals surface area contributed by atoms with E-state index in [0.717, 1.165) is 11.1 Å². The number of guanidine groups is 1. The van der Waals surface area contributed by atoms with Crippen LogP contribution in [0.25, 0.3) is 0 Å². The molecule has 0 radical (unpaired) electrons. The Morgan fingerprint density at radius 2 is 1.93 bits per heavy atom. The van der Waals surface area contributed by atoms with E-state index in [1.165, 1.54) is 12.1 Å². The third-order valence-corrected chi connectivity index (χ3v) is 3.88. The summed E-state index contributed by atoms with van der Waals surface area (Å²) >= 11 is 0. The molecule has 0 amide bonds. The monoisotopic (exact) mass is 373 g/mol. The fourth-order valence-corrected chi connectivity index (χ4v) is 2.59. The van der Waals surface area contributed by atoms with Crippen LogP contribution in [-0.2, 0) is 17.9 Å². The van der Waals surface area contributed by atoms with Gasteiger partial charge in [-0.3, -0.25) is 4.99 Å². The van der Waals surface area contributed by atoms with Gasteiger partial charge in [-0.1, -0.05) is 42.5 Å². The van der Waals surface area contributed by atoms with Crippen molar-refractivity contribution in [1.82, 2.24) is 10.2 Å². The third kappa shape index (κ3) is 7.76. The van der Waals surface area contributed by atoms with Gasteiger partial charge in [-0.2, -0.15) is 0 Å². The van der Waals surface area contributed by atoms with E-state index >= 15 is 0 Å². The van der Waals surface area contributed by atoms with Crippen molar-refractivity contribution in [3.05, 3.63) is 71.5 Å². The number of nitrogens with one attached hydrogen (secondary N) is 1. The highest BCUT2D eigenvalue weighted by atomic mass is 19.1. The molecule has 2 aromatic carbocycles. The molecule has 1 unspecified atom stereocenters. The van der Waals surface area contributed by atoms with Crippen molar-refractivity contribution in [3.63, 3.8) is 0 Å². The summed E-state index contributed by atoms with van der Waals surface area (Å²) in [5.41, 5.74) is 1.92. The Labute approximate surface area is 160 Å². The van der Waals surface area contributed by atoms with E-state index in [9.17, 15) is 9.50 Å². The summed E-state index contributed by atoms with van der Waals surface area (Å²) in [6.07, 6.45) is -0.690. The Bertz CT molecular complexity index is 710. The predicted molar refractivity (Wildman–Crippen MR) is 106 cm³/mol. The van der Waals surface area contributed by atoms with Gasteiger partial charge in [-0.05, 0) is 30.2 Å². The van der Waals surface area contributed by atoms with Crippen LogP contribution in [-0.4, -0.2) is 48.8 Å². The van der Waals surface area contributed by atoms with E-state index in [1.54, 1.807) is 6.07 Å². The molecule has 0 aromatic heterocycles. The van der Waals surface area contributed by atoms with E-state index in [4.69, 9.17) is 4.74 Å². The first-order valence-corrected chi connectivity index (χ1v) is 9.12. The Morgan fingerprint density at radius 3 is 2.63 bits per heavy atom. The normalized spacial score (nSPS) is 12.7. The average Bonchev–Trinajstić information content (AvgIpc) is 2.66. The zero-order chi connectivity index (χ0) is 19.5. The van der Waals surface area contributed by atoms with Crippen molar-refractivity contribution in [2.24, 2.45) is 4.99 Å². The zero-order valence-electron chi connectivity index (χ0n) is 15.9. The second kappa shape index (κ2) is 11.3. The highest BCUT2D eigenvalue weighted by Crippen LogP contribution is 2.07. The fourth-order valence-electron chi connectivity index (χ4n) is 2.59. The van der Waals surface area contributed by atoms with Crippen molar-refractivity contribution in [3.8, 4) is 0 Å². The molecule has 2 N–H and O–H groups in total. The van der Waals surface area contributed by atoms with Crippen molar-refractivity contribution in [1.29, 1.82) is 0 Å². The van der Waals surface area contributed by atoms with Gasteiger partial charge >= 0.3 is 0 Å². The van der Waals surface area contributed by atoms with Crippen LogP contribution in [0.3, 0.4) is 0 Å². The molecule has 0 aliphatic rings. The summed E-state index contributed by atoms with van der Waals surface area (Å²) in [5.74, 6) is 0.401. The summed E-state index contributed by atoms with van der Waals surface area (Å²) in [4.78, 5) is 6.36. The lowest BCUT2D eigenvalue weighted by atomic mass is 10.2. The summed E-state index contributed by atoms with van der Waals surface area (Å²) in [6, 6.07) is 16.3. The molecular weight excluding hydrogens is 345 g/mol. The molecule has 1 atom stereocenters. The minimum Gasteiger partial charge on any atom is -0.389 e. The number of hydrogen-bond acceptors (Lipinski definition) is 3. The molecule has 6 heteroatoms. The summed E-state index contributed by atoms with van der Waals surface area (Å²) in [5, 5.41) is 13.3. The highest BCUT2D eigenvalue weighted by molar-refractivity contribution is 5.79. The number of aliphatic hydroxyl groups is 1.